The fraction of sp³-hybridized carbons (Fsp3) is 0.176. The lowest BCUT2D eigenvalue weighted by atomic mass is 10.1. The normalized spacial score (nSPS) is 10.8. The summed E-state index contributed by atoms with van der Waals surface area (Å²) in [6.45, 7) is 0.260. The number of methoxy groups -OCH3 is 1. The molecule has 6 nitrogen and oxygen atoms in total. The van der Waals surface area contributed by atoms with Crippen LogP contribution in [0.15, 0.2) is 36.5 Å². The molecule has 7 heteroatoms. The number of rotatable bonds is 5. The van der Waals surface area contributed by atoms with Gasteiger partial charge in [-0.05, 0) is 24.3 Å². The van der Waals surface area contributed by atoms with E-state index in [1.165, 1.54) is 7.11 Å². The van der Waals surface area contributed by atoms with Gasteiger partial charge in [-0.1, -0.05) is 6.07 Å². The Labute approximate surface area is 138 Å². The van der Waals surface area contributed by atoms with Gasteiger partial charge in [-0.2, -0.15) is 0 Å². The van der Waals surface area contributed by atoms with Crippen molar-refractivity contribution >= 4 is 22.4 Å². The molecule has 0 amide bonds. The Kier molecular flexibility index (Phi) is 4.43. The molecule has 24 heavy (non-hydrogen) atoms. The van der Waals surface area contributed by atoms with Crippen molar-refractivity contribution in [1.82, 2.24) is 9.97 Å². The van der Waals surface area contributed by atoms with E-state index in [2.05, 4.69) is 15.3 Å². The number of anilines is 2. The summed E-state index contributed by atoms with van der Waals surface area (Å²) in [6, 6.07) is 8.31. The maximum absolute atomic E-state index is 14.5. The maximum Gasteiger partial charge on any atom is 0.174 e. The molecule has 2 aromatic heterocycles. The number of aliphatic hydroxyl groups is 1. The minimum Gasteiger partial charge on any atom is -0.494 e. The van der Waals surface area contributed by atoms with Gasteiger partial charge >= 0.3 is 0 Å². The first-order valence-electron chi connectivity index (χ1n) is 7.38. The van der Waals surface area contributed by atoms with Gasteiger partial charge in [0.25, 0.3) is 0 Å². The summed E-state index contributed by atoms with van der Waals surface area (Å²) in [4.78, 5) is 8.56. The zero-order valence-electron chi connectivity index (χ0n) is 13.1. The highest BCUT2D eigenvalue weighted by molar-refractivity contribution is 5.95. The molecule has 0 aliphatic heterocycles. The Bertz CT molecular complexity index is 886. The van der Waals surface area contributed by atoms with E-state index >= 15 is 0 Å². The van der Waals surface area contributed by atoms with Gasteiger partial charge in [-0.25, -0.2) is 14.4 Å². The second kappa shape index (κ2) is 6.67. The first kappa shape index (κ1) is 15.9. The van der Waals surface area contributed by atoms with E-state index in [4.69, 9.17) is 15.6 Å². The van der Waals surface area contributed by atoms with Crippen LogP contribution in [-0.4, -0.2) is 35.3 Å². The number of nitrogens with zero attached hydrogens (tertiary/aromatic N) is 2. The third-order valence-electron chi connectivity index (χ3n) is 3.60. The molecule has 2 heterocycles. The summed E-state index contributed by atoms with van der Waals surface area (Å²) in [5.41, 5.74) is 6.50. The van der Waals surface area contributed by atoms with Crippen LogP contribution in [0.1, 0.15) is 0 Å². The summed E-state index contributed by atoms with van der Waals surface area (Å²) < 4.78 is 19.6. The van der Waals surface area contributed by atoms with E-state index in [1.54, 1.807) is 36.5 Å². The highest BCUT2D eigenvalue weighted by Crippen LogP contribution is 2.32. The molecule has 0 aliphatic rings. The van der Waals surface area contributed by atoms with Crippen LogP contribution in [-0.2, 0) is 0 Å². The molecule has 3 aromatic rings. The summed E-state index contributed by atoms with van der Waals surface area (Å²) in [6.07, 6.45) is 1.61. The van der Waals surface area contributed by atoms with Crippen molar-refractivity contribution in [2.45, 2.75) is 0 Å². The molecule has 0 spiro atoms. The topological polar surface area (TPSA) is 93.3 Å². The minimum atomic E-state index is -0.483. The highest BCUT2D eigenvalue weighted by atomic mass is 19.1. The quantitative estimate of drug-likeness (QED) is 0.666. The number of nitrogen functional groups attached to an aromatic ring is 1. The van der Waals surface area contributed by atoms with Crippen molar-refractivity contribution in [2.75, 3.05) is 31.3 Å². The molecular formula is C17H17FN4O2. The highest BCUT2D eigenvalue weighted by Gasteiger charge is 2.14. The van der Waals surface area contributed by atoms with Gasteiger partial charge in [-0.15, -0.1) is 0 Å². The second-order valence-electron chi connectivity index (χ2n) is 5.16. The van der Waals surface area contributed by atoms with Crippen molar-refractivity contribution in [3.63, 3.8) is 0 Å². The molecule has 0 bridgehead atoms. The lowest BCUT2D eigenvalue weighted by molar-refractivity contribution is 0.311. The number of fused-ring (bicyclic) bond motifs is 1. The van der Waals surface area contributed by atoms with Crippen LogP contribution in [0, 0.1) is 5.82 Å². The maximum atomic E-state index is 14.5. The summed E-state index contributed by atoms with van der Waals surface area (Å²) in [5.74, 6) is 0.530. The van der Waals surface area contributed by atoms with Crippen LogP contribution in [0.2, 0.25) is 0 Å². The van der Waals surface area contributed by atoms with Gasteiger partial charge in [0.2, 0.25) is 0 Å². The first-order chi connectivity index (χ1) is 11.6. The number of benzene rings is 1. The molecule has 3 rings (SSSR count). The smallest absolute Gasteiger partial charge is 0.174 e. The number of aromatic nitrogens is 2. The van der Waals surface area contributed by atoms with Gasteiger partial charge in [0.05, 0.1) is 19.4 Å². The number of pyridine rings is 2. The Hall–Kier alpha value is -2.93. The van der Waals surface area contributed by atoms with Crippen molar-refractivity contribution in [1.29, 1.82) is 0 Å². The summed E-state index contributed by atoms with van der Waals surface area (Å²) in [5, 5.41) is 13.6. The Balaban J connectivity index is 2.20. The number of aliphatic hydroxyl groups excluding tert-OH is 1. The van der Waals surface area contributed by atoms with Crippen LogP contribution >= 0.6 is 0 Å². The van der Waals surface area contributed by atoms with E-state index in [0.717, 1.165) is 10.8 Å². The molecular weight excluding hydrogens is 311 g/mol. The molecule has 124 valence electrons. The van der Waals surface area contributed by atoms with E-state index in [-0.39, 0.29) is 12.4 Å². The van der Waals surface area contributed by atoms with Gasteiger partial charge in [-0.3, -0.25) is 0 Å². The van der Waals surface area contributed by atoms with Crippen molar-refractivity contribution < 1.29 is 14.2 Å². The lowest BCUT2D eigenvalue weighted by Gasteiger charge is -2.12. The molecule has 0 fully saturated rings. The summed E-state index contributed by atoms with van der Waals surface area (Å²) in [7, 11) is 1.41. The third-order valence-corrected chi connectivity index (χ3v) is 3.60. The molecule has 0 radical (unpaired) electrons. The Morgan fingerprint density at radius 2 is 2.17 bits per heavy atom. The number of nitrogens with two attached hydrogens (primary N) is 1. The van der Waals surface area contributed by atoms with Gasteiger partial charge in [0, 0.05) is 29.1 Å². The lowest BCUT2D eigenvalue weighted by Crippen LogP contribution is -2.08. The Morgan fingerprint density at radius 1 is 1.33 bits per heavy atom. The molecule has 0 saturated heterocycles. The fourth-order valence-corrected chi connectivity index (χ4v) is 2.48. The zero-order chi connectivity index (χ0) is 17.1. The average molecular weight is 328 g/mol. The number of halogens is 1. The first-order valence-corrected chi connectivity index (χ1v) is 7.38. The predicted molar refractivity (Wildman–Crippen MR) is 91.5 cm³/mol. The van der Waals surface area contributed by atoms with Crippen LogP contribution in [0.5, 0.6) is 5.75 Å². The molecule has 0 atom stereocenters. The largest absolute Gasteiger partial charge is 0.494 e. The third kappa shape index (κ3) is 2.93. The molecule has 1 aromatic carbocycles. The average Bonchev–Trinajstić information content (AvgIpc) is 2.60. The van der Waals surface area contributed by atoms with Crippen LogP contribution in [0.3, 0.4) is 0 Å². The monoisotopic (exact) mass is 328 g/mol. The van der Waals surface area contributed by atoms with Crippen molar-refractivity contribution in [2.24, 2.45) is 0 Å². The minimum absolute atomic E-state index is 0.0541. The van der Waals surface area contributed by atoms with E-state index < -0.39 is 5.82 Å². The van der Waals surface area contributed by atoms with E-state index in [1.807, 2.05) is 0 Å². The van der Waals surface area contributed by atoms with Crippen LogP contribution in [0.4, 0.5) is 16.0 Å². The fourth-order valence-electron chi connectivity index (χ4n) is 2.48. The molecule has 4 N–H and O–H groups in total. The number of ether oxygens (including phenoxy) is 1. The van der Waals surface area contributed by atoms with E-state index in [9.17, 15) is 4.39 Å². The van der Waals surface area contributed by atoms with Gasteiger partial charge in [0.1, 0.15) is 11.6 Å². The van der Waals surface area contributed by atoms with E-state index in [0.29, 0.717) is 29.4 Å². The number of hydrogen-bond acceptors (Lipinski definition) is 6. The summed E-state index contributed by atoms with van der Waals surface area (Å²) >= 11 is 0. The van der Waals surface area contributed by atoms with Gasteiger partial charge in [0.15, 0.2) is 11.6 Å². The van der Waals surface area contributed by atoms with Crippen LogP contribution in [0.25, 0.3) is 22.0 Å². The van der Waals surface area contributed by atoms with Crippen molar-refractivity contribution in [3.8, 4) is 17.0 Å². The number of nitrogens with one attached hydrogen (secondary N) is 1. The molecule has 0 saturated carbocycles. The Morgan fingerprint density at radius 3 is 2.92 bits per heavy atom. The molecule has 0 unspecified atom stereocenters. The van der Waals surface area contributed by atoms with Crippen LogP contribution < -0.4 is 15.8 Å². The second-order valence-corrected chi connectivity index (χ2v) is 5.16. The van der Waals surface area contributed by atoms with Crippen molar-refractivity contribution in [3.05, 3.63) is 42.3 Å². The molecule has 0 aliphatic carbocycles. The van der Waals surface area contributed by atoms with Gasteiger partial charge < -0.3 is 20.9 Å². The standard InChI is InChI=1S/C17H17FN4O2/c1-24-14-4-2-3-11(16(14)18)13-7-10-9-21-15(19)8-12(10)17(22-13)20-5-6-23/h2-4,7-9,23H,5-6H2,1H3,(H2,19,21)(H,20,22). The SMILES string of the molecule is COc1cccc(-c2cc3cnc(N)cc3c(NCCO)n2)c1F. The number of hydrogen-bond donors (Lipinski definition) is 3. The zero-order valence-corrected chi connectivity index (χ0v) is 13.1. The predicted octanol–water partition coefficient (Wildman–Crippen LogP) is 2.43.